The van der Waals surface area contributed by atoms with Crippen LogP contribution in [0, 0.1) is 12.8 Å². The monoisotopic (exact) mass is 327 g/mol. The Morgan fingerprint density at radius 2 is 1.83 bits per heavy atom. The first-order valence-corrected chi connectivity index (χ1v) is 8.65. The molecule has 2 rings (SSSR count). The van der Waals surface area contributed by atoms with Gasteiger partial charge in [0, 0.05) is 6.54 Å². The number of hydrogen-bond acceptors (Lipinski definition) is 3. The zero-order valence-corrected chi connectivity index (χ0v) is 15.3. The van der Waals surface area contributed by atoms with E-state index in [-0.39, 0.29) is 0 Å². The number of aryl methyl sites for hydroxylation is 1. The minimum absolute atomic E-state index is 0.551. The van der Waals surface area contributed by atoms with Gasteiger partial charge in [-0.2, -0.15) is 0 Å². The molecule has 0 amide bonds. The Balaban J connectivity index is 1.94. The Kier molecular flexibility index (Phi) is 7.13. The maximum atomic E-state index is 5.96. The Bertz CT molecular complexity index is 637. The second-order valence-electron chi connectivity index (χ2n) is 6.56. The van der Waals surface area contributed by atoms with Gasteiger partial charge in [-0.25, -0.2) is 0 Å². The molecule has 0 unspecified atom stereocenters. The van der Waals surface area contributed by atoms with Crippen molar-refractivity contribution in [2.75, 3.05) is 13.7 Å². The maximum Gasteiger partial charge on any atom is 0.161 e. The van der Waals surface area contributed by atoms with Crippen molar-refractivity contribution in [1.82, 2.24) is 5.32 Å². The molecule has 0 atom stereocenters. The Morgan fingerprint density at radius 1 is 1.04 bits per heavy atom. The van der Waals surface area contributed by atoms with Gasteiger partial charge < -0.3 is 14.8 Å². The number of benzene rings is 2. The van der Waals surface area contributed by atoms with Gasteiger partial charge in [0.2, 0.25) is 0 Å². The highest BCUT2D eigenvalue weighted by molar-refractivity contribution is 5.43. The third-order valence-electron chi connectivity index (χ3n) is 4.10. The van der Waals surface area contributed by atoms with E-state index in [2.05, 4.69) is 50.4 Å². The summed E-state index contributed by atoms with van der Waals surface area (Å²) in [5.74, 6) is 2.29. The van der Waals surface area contributed by atoms with Crippen LogP contribution in [0.3, 0.4) is 0 Å². The molecule has 3 heteroatoms. The molecule has 0 radical (unpaired) electrons. The first-order chi connectivity index (χ1) is 11.6. The average molecular weight is 327 g/mol. The number of ether oxygens (including phenoxy) is 2. The molecule has 0 aliphatic carbocycles. The summed E-state index contributed by atoms with van der Waals surface area (Å²) < 4.78 is 11.5. The summed E-state index contributed by atoms with van der Waals surface area (Å²) in [4.78, 5) is 0. The van der Waals surface area contributed by atoms with Gasteiger partial charge in [0.1, 0.15) is 6.61 Å². The second kappa shape index (κ2) is 9.33. The Hall–Kier alpha value is -2.00. The molecule has 1 N–H and O–H groups in total. The molecule has 0 spiro atoms. The molecule has 0 bridgehead atoms. The van der Waals surface area contributed by atoms with E-state index >= 15 is 0 Å². The molecule has 3 nitrogen and oxygen atoms in total. The van der Waals surface area contributed by atoms with Gasteiger partial charge in [-0.3, -0.25) is 0 Å². The van der Waals surface area contributed by atoms with Gasteiger partial charge in [-0.05, 0) is 54.6 Å². The second-order valence-corrected chi connectivity index (χ2v) is 6.56. The highest BCUT2D eigenvalue weighted by Gasteiger charge is 2.07. The molecule has 2 aromatic rings. The summed E-state index contributed by atoms with van der Waals surface area (Å²) >= 11 is 0. The fourth-order valence-corrected chi connectivity index (χ4v) is 2.49. The molecule has 130 valence electrons. The minimum atomic E-state index is 0.551. The van der Waals surface area contributed by atoms with Crippen molar-refractivity contribution in [3.63, 3.8) is 0 Å². The van der Waals surface area contributed by atoms with Gasteiger partial charge >= 0.3 is 0 Å². The summed E-state index contributed by atoms with van der Waals surface area (Å²) in [7, 11) is 1.69. The van der Waals surface area contributed by atoms with Crippen LogP contribution in [0.2, 0.25) is 0 Å². The molecule has 0 saturated carbocycles. The smallest absolute Gasteiger partial charge is 0.161 e. The normalized spacial score (nSPS) is 10.9. The van der Waals surface area contributed by atoms with Crippen LogP contribution >= 0.6 is 0 Å². The first-order valence-electron chi connectivity index (χ1n) is 8.65. The van der Waals surface area contributed by atoms with Crippen molar-refractivity contribution in [2.24, 2.45) is 5.92 Å². The molecule has 0 saturated heterocycles. The largest absolute Gasteiger partial charge is 0.493 e. The molecule has 0 heterocycles. The van der Waals surface area contributed by atoms with Crippen molar-refractivity contribution >= 4 is 0 Å². The lowest BCUT2D eigenvalue weighted by Crippen LogP contribution is -2.16. The molecule has 0 aromatic heterocycles. The van der Waals surface area contributed by atoms with E-state index in [0.717, 1.165) is 30.5 Å². The number of hydrogen-bond donors (Lipinski definition) is 1. The fourth-order valence-electron chi connectivity index (χ4n) is 2.49. The predicted octanol–water partition coefficient (Wildman–Crippen LogP) is 4.72. The Morgan fingerprint density at radius 3 is 2.54 bits per heavy atom. The van der Waals surface area contributed by atoms with E-state index in [1.165, 1.54) is 23.1 Å². The van der Waals surface area contributed by atoms with Crippen LogP contribution < -0.4 is 14.8 Å². The van der Waals surface area contributed by atoms with Gasteiger partial charge in [-0.1, -0.05) is 44.2 Å². The molecule has 0 aliphatic rings. The fraction of sp³-hybridized carbons (Fsp3) is 0.429. The lowest BCUT2D eigenvalue weighted by atomic mass is 10.1. The number of nitrogens with one attached hydrogen (secondary N) is 1. The van der Waals surface area contributed by atoms with Gasteiger partial charge in [0.25, 0.3) is 0 Å². The number of methoxy groups -OCH3 is 1. The van der Waals surface area contributed by atoms with Gasteiger partial charge in [0.15, 0.2) is 11.5 Å². The molecule has 2 aromatic carbocycles. The predicted molar refractivity (Wildman–Crippen MR) is 99.7 cm³/mol. The van der Waals surface area contributed by atoms with E-state index in [9.17, 15) is 0 Å². The van der Waals surface area contributed by atoms with Crippen LogP contribution in [0.15, 0.2) is 42.5 Å². The van der Waals surface area contributed by atoms with Gasteiger partial charge in [0.05, 0.1) is 7.11 Å². The first kappa shape index (κ1) is 18.3. The Labute approximate surface area is 146 Å². The quantitative estimate of drug-likeness (QED) is 0.676. The van der Waals surface area contributed by atoms with Crippen molar-refractivity contribution in [3.8, 4) is 11.5 Å². The number of rotatable bonds is 9. The van der Waals surface area contributed by atoms with Crippen LogP contribution in [0.1, 0.15) is 37.0 Å². The summed E-state index contributed by atoms with van der Waals surface area (Å²) in [5, 5.41) is 3.47. The third kappa shape index (κ3) is 5.57. The average Bonchev–Trinajstić information content (AvgIpc) is 2.58. The summed E-state index contributed by atoms with van der Waals surface area (Å²) in [6.07, 6.45) is 1.19. The standard InChI is InChI=1S/C21H29NO2/c1-16(2)11-12-22-14-18-9-10-20(21(13-18)23-4)24-15-19-8-6-5-7-17(19)3/h5-10,13,16,22H,11-12,14-15H2,1-4H3. The molecular formula is C21H29NO2. The van der Waals surface area contributed by atoms with Crippen molar-refractivity contribution in [2.45, 2.75) is 40.3 Å². The summed E-state index contributed by atoms with van der Waals surface area (Å²) in [6, 6.07) is 14.4. The van der Waals surface area contributed by atoms with Crippen LogP contribution in [0.4, 0.5) is 0 Å². The minimum Gasteiger partial charge on any atom is -0.493 e. The van der Waals surface area contributed by atoms with Crippen LogP contribution in [-0.4, -0.2) is 13.7 Å². The SMILES string of the molecule is COc1cc(CNCCC(C)C)ccc1OCc1ccccc1C. The van der Waals surface area contributed by atoms with E-state index in [1.807, 2.05) is 18.2 Å². The van der Waals surface area contributed by atoms with Crippen LogP contribution in [0.5, 0.6) is 11.5 Å². The van der Waals surface area contributed by atoms with Crippen molar-refractivity contribution < 1.29 is 9.47 Å². The van der Waals surface area contributed by atoms with E-state index in [4.69, 9.17) is 9.47 Å². The molecule has 24 heavy (non-hydrogen) atoms. The van der Waals surface area contributed by atoms with Crippen LogP contribution in [-0.2, 0) is 13.2 Å². The lowest BCUT2D eigenvalue weighted by Gasteiger charge is -2.14. The summed E-state index contributed by atoms with van der Waals surface area (Å²) in [5.41, 5.74) is 3.64. The van der Waals surface area contributed by atoms with E-state index < -0.39 is 0 Å². The van der Waals surface area contributed by atoms with Crippen LogP contribution in [0.25, 0.3) is 0 Å². The highest BCUT2D eigenvalue weighted by Crippen LogP contribution is 2.29. The zero-order valence-electron chi connectivity index (χ0n) is 15.3. The topological polar surface area (TPSA) is 30.5 Å². The lowest BCUT2D eigenvalue weighted by molar-refractivity contribution is 0.283. The maximum absolute atomic E-state index is 5.96. The van der Waals surface area contributed by atoms with E-state index in [0.29, 0.717) is 6.61 Å². The molecule has 0 fully saturated rings. The van der Waals surface area contributed by atoms with Gasteiger partial charge in [-0.15, -0.1) is 0 Å². The van der Waals surface area contributed by atoms with E-state index in [1.54, 1.807) is 7.11 Å². The highest BCUT2D eigenvalue weighted by atomic mass is 16.5. The van der Waals surface area contributed by atoms with Crippen molar-refractivity contribution in [1.29, 1.82) is 0 Å². The van der Waals surface area contributed by atoms with Crippen molar-refractivity contribution in [3.05, 3.63) is 59.2 Å². The molecular weight excluding hydrogens is 298 g/mol. The zero-order chi connectivity index (χ0) is 17.4. The summed E-state index contributed by atoms with van der Waals surface area (Å²) in [6.45, 7) is 9.01. The molecule has 0 aliphatic heterocycles. The third-order valence-corrected chi connectivity index (χ3v) is 4.10.